The minimum absolute atomic E-state index is 0.635. The molecule has 0 unspecified atom stereocenters. The third kappa shape index (κ3) is 9.49. The van der Waals surface area contributed by atoms with Crippen molar-refractivity contribution in [2.75, 3.05) is 32.8 Å². The number of unbranched alkanes of at least 4 members (excludes halogenated alkanes) is 1. The Hall–Kier alpha value is -3.06. The van der Waals surface area contributed by atoms with Gasteiger partial charge >= 0.3 is 0 Å². The summed E-state index contributed by atoms with van der Waals surface area (Å²) in [5, 5.41) is 4.35. The van der Waals surface area contributed by atoms with E-state index in [9.17, 15) is 0 Å². The van der Waals surface area contributed by atoms with Crippen LogP contribution < -0.4 is 14.8 Å². The molecule has 0 atom stereocenters. The fourth-order valence-electron chi connectivity index (χ4n) is 4.92. The number of nitrogens with one attached hydrogen (secondary N) is 1. The van der Waals surface area contributed by atoms with Crippen LogP contribution in [0.4, 0.5) is 0 Å². The van der Waals surface area contributed by atoms with Crippen LogP contribution in [-0.4, -0.2) is 47.3 Å². The van der Waals surface area contributed by atoms with Crippen LogP contribution in [0.2, 0.25) is 5.02 Å². The summed E-state index contributed by atoms with van der Waals surface area (Å²) < 4.78 is 14.4. The second kappa shape index (κ2) is 16.4. The van der Waals surface area contributed by atoms with Crippen molar-refractivity contribution in [2.24, 2.45) is 0 Å². The highest BCUT2D eigenvalue weighted by molar-refractivity contribution is 6.30. The minimum Gasteiger partial charge on any atom is -0.493 e. The average Bonchev–Trinajstić information content (AvgIpc) is 3.34. The van der Waals surface area contributed by atoms with Gasteiger partial charge in [-0.3, -0.25) is 0 Å². The second-order valence-corrected chi connectivity index (χ2v) is 10.8. The van der Waals surface area contributed by atoms with Crippen LogP contribution in [0.3, 0.4) is 0 Å². The molecule has 41 heavy (non-hydrogen) atoms. The number of hydrogen-bond donors (Lipinski definition) is 1. The molecule has 0 fully saturated rings. The lowest BCUT2D eigenvalue weighted by Gasteiger charge is -2.17. The second-order valence-electron chi connectivity index (χ2n) is 10.4. The topological polar surface area (TPSA) is 51.6 Å². The van der Waals surface area contributed by atoms with Crippen molar-refractivity contribution in [3.63, 3.8) is 0 Å². The van der Waals surface area contributed by atoms with E-state index in [4.69, 9.17) is 26.1 Å². The Morgan fingerprint density at radius 1 is 0.805 bits per heavy atom. The molecule has 0 saturated heterocycles. The molecular weight excluding hydrogens is 532 g/mol. The zero-order valence-electron chi connectivity index (χ0n) is 24.9. The van der Waals surface area contributed by atoms with Crippen molar-refractivity contribution < 1.29 is 9.47 Å². The molecule has 0 aliphatic heterocycles. The van der Waals surface area contributed by atoms with E-state index in [0.717, 1.165) is 98.4 Å². The number of rotatable bonds is 18. The van der Waals surface area contributed by atoms with E-state index in [1.54, 1.807) is 0 Å². The summed E-state index contributed by atoms with van der Waals surface area (Å²) in [7, 11) is 0. The smallest absolute Gasteiger partial charge is 0.123 e. The molecule has 6 nitrogen and oxygen atoms in total. The molecule has 1 aromatic heterocycles. The first-order valence-corrected chi connectivity index (χ1v) is 15.5. The number of ether oxygens (including phenoxy) is 2. The zero-order chi connectivity index (χ0) is 28.9. The number of hydrogen-bond acceptors (Lipinski definition) is 5. The molecule has 0 saturated carbocycles. The van der Waals surface area contributed by atoms with Crippen LogP contribution >= 0.6 is 11.6 Å². The molecular formula is C34H45ClN4O2. The summed E-state index contributed by atoms with van der Waals surface area (Å²) in [6.07, 6.45) is 4.14. The molecule has 4 rings (SSSR count). The Bertz CT molecular complexity index is 1320. The summed E-state index contributed by atoms with van der Waals surface area (Å²) in [5.41, 5.74) is 4.60. The number of imidazole rings is 1. The summed E-state index contributed by atoms with van der Waals surface area (Å²) >= 11 is 5.97. The Morgan fingerprint density at radius 3 is 2.24 bits per heavy atom. The van der Waals surface area contributed by atoms with E-state index in [-0.39, 0.29) is 0 Å². The van der Waals surface area contributed by atoms with Crippen LogP contribution in [0, 0.1) is 0 Å². The van der Waals surface area contributed by atoms with Crippen LogP contribution in [0.25, 0.3) is 11.0 Å². The Labute approximate surface area is 250 Å². The molecule has 4 aromatic rings. The van der Waals surface area contributed by atoms with Gasteiger partial charge in [-0.1, -0.05) is 63.1 Å². The zero-order valence-corrected chi connectivity index (χ0v) is 25.6. The third-order valence-electron chi connectivity index (χ3n) is 7.42. The maximum Gasteiger partial charge on any atom is 0.123 e. The van der Waals surface area contributed by atoms with Crippen molar-refractivity contribution in [3.8, 4) is 11.5 Å². The van der Waals surface area contributed by atoms with Crippen molar-refractivity contribution in [1.82, 2.24) is 19.8 Å². The fourth-order valence-corrected chi connectivity index (χ4v) is 5.05. The number of halogens is 1. The maximum atomic E-state index is 6.12. The van der Waals surface area contributed by atoms with Gasteiger partial charge in [0.2, 0.25) is 0 Å². The van der Waals surface area contributed by atoms with E-state index >= 15 is 0 Å². The van der Waals surface area contributed by atoms with Gasteiger partial charge in [-0.2, -0.15) is 0 Å². The number of fused-ring (bicyclic) bond motifs is 1. The maximum absolute atomic E-state index is 6.12. The molecule has 0 aliphatic rings. The summed E-state index contributed by atoms with van der Waals surface area (Å²) in [5.74, 6) is 2.87. The lowest BCUT2D eigenvalue weighted by atomic mass is 10.2. The first kappa shape index (κ1) is 30.9. The Morgan fingerprint density at radius 2 is 1.51 bits per heavy atom. The minimum atomic E-state index is 0.635. The van der Waals surface area contributed by atoms with E-state index in [2.05, 4.69) is 59.8 Å². The third-order valence-corrected chi connectivity index (χ3v) is 7.68. The van der Waals surface area contributed by atoms with Gasteiger partial charge in [0.1, 0.15) is 17.3 Å². The molecule has 0 amide bonds. The highest BCUT2D eigenvalue weighted by Crippen LogP contribution is 2.23. The number of benzene rings is 3. The normalized spacial score (nSPS) is 11.4. The highest BCUT2D eigenvalue weighted by Gasteiger charge is 2.12. The average molecular weight is 577 g/mol. The lowest BCUT2D eigenvalue weighted by Crippen LogP contribution is -2.25. The van der Waals surface area contributed by atoms with Crippen LogP contribution in [0.1, 0.15) is 57.0 Å². The number of aromatic nitrogens is 2. The number of aryl methyl sites for hydroxylation is 1. The van der Waals surface area contributed by atoms with Gasteiger partial charge in [0.15, 0.2) is 0 Å². The van der Waals surface area contributed by atoms with Crippen molar-refractivity contribution in [3.05, 3.63) is 88.7 Å². The monoisotopic (exact) mass is 576 g/mol. The van der Waals surface area contributed by atoms with Crippen LogP contribution in [0.15, 0.2) is 66.7 Å². The fraction of sp³-hybridized carbons (Fsp3) is 0.441. The molecule has 1 heterocycles. The van der Waals surface area contributed by atoms with Gasteiger partial charge in [0.25, 0.3) is 0 Å². The Kier molecular flexibility index (Phi) is 12.4. The van der Waals surface area contributed by atoms with E-state index in [1.165, 1.54) is 11.1 Å². The van der Waals surface area contributed by atoms with E-state index in [1.807, 2.05) is 42.5 Å². The SMILES string of the molecule is CCCCn1c(CNCc2ccc(OCCc3ccc(Cl)cc3)cc2)nc2ccc(OCCCN(CC)CC)cc21. The summed E-state index contributed by atoms with van der Waals surface area (Å²) in [4.78, 5) is 7.40. The first-order chi connectivity index (χ1) is 20.1. The van der Waals surface area contributed by atoms with Crippen molar-refractivity contribution in [2.45, 2.75) is 66.1 Å². The predicted octanol–water partition coefficient (Wildman–Crippen LogP) is 7.51. The van der Waals surface area contributed by atoms with Gasteiger partial charge < -0.3 is 24.3 Å². The highest BCUT2D eigenvalue weighted by atomic mass is 35.5. The Balaban J connectivity index is 1.29. The van der Waals surface area contributed by atoms with E-state index < -0.39 is 0 Å². The molecule has 0 radical (unpaired) electrons. The molecule has 7 heteroatoms. The van der Waals surface area contributed by atoms with Gasteiger partial charge in [-0.05, 0) is 73.5 Å². The van der Waals surface area contributed by atoms with E-state index in [0.29, 0.717) is 13.2 Å². The van der Waals surface area contributed by atoms with Gasteiger partial charge in [0.05, 0.1) is 30.8 Å². The summed E-state index contributed by atoms with van der Waals surface area (Å²) in [6.45, 7) is 13.7. The molecule has 0 aliphatic carbocycles. The largest absolute Gasteiger partial charge is 0.493 e. The predicted molar refractivity (Wildman–Crippen MR) is 170 cm³/mol. The van der Waals surface area contributed by atoms with Gasteiger partial charge in [-0.25, -0.2) is 4.98 Å². The first-order valence-electron chi connectivity index (χ1n) is 15.1. The quantitative estimate of drug-likeness (QED) is 0.124. The van der Waals surface area contributed by atoms with Crippen molar-refractivity contribution >= 4 is 22.6 Å². The number of nitrogens with zero attached hydrogens (tertiary/aromatic N) is 3. The van der Waals surface area contributed by atoms with Crippen LogP contribution in [-0.2, 0) is 26.1 Å². The summed E-state index contributed by atoms with van der Waals surface area (Å²) in [6, 6.07) is 22.5. The molecule has 0 bridgehead atoms. The van der Waals surface area contributed by atoms with Gasteiger partial charge in [-0.15, -0.1) is 0 Å². The molecule has 220 valence electrons. The van der Waals surface area contributed by atoms with Crippen molar-refractivity contribution in [1.29, 1.82) is 0 Å². The molecule has 0 spiro atoms. The molecule has 3 aromatic carbocycles. The molecule has 1 N–H and O–H groups in total. The van der Waals surface area contributed by atoms with Gasteiger partial charge in [0, 0.05) is 37.1 Å². The van der Waals surface area contributed by atoms with Crippen LogP contribution in [0.5, 0.6) is 11.5 Å². The standard InChI is InChI=1S/C34H45ClN4O2/c1-4-7-21-39-33-24-31(40-22-8-20-38(5-2)6-3)17-18-32(33)37-34(39)26-36-25-28-11-15-30(16-12-28)41-23-19-27-9-13-29(35)14-10-27/h9-18,24,36H,4-8,19-23,25-26H2,1-3H3. The lowest BCUT2D eigenvalue weighted by molar-refractivity contribution is 0.249.